The van der Waals surface area contributed by atoms with Gasteiger partial charge in [0.25, 0.3) is 0 Å². The molecule has 1 amide bonds. The maximum absolute atomic E-state index is 12.1. The van der Waals surface area contributed by atoms with Crippen LogP contribution in [-0.2, 0) is 4.79 Å². The van der Waals surface area contributed by atoms with Crippen molar-refractivity contribution < 1.29 is 9.53 Å². The third-order valence-corrected chi connectivity index (χ3v) is 7.62. The molecule has 2 aromatic carbocycles. The van der Waals surface area contributed by atoms with Gasteiger partial charge in [-0.15, -0.1) is 0 Å². The van der Waals surface area contributed by atoms with Gasteiger partial charge in [-0.2, -0.15) is 9.97 Å². The van der Waals surface area contributed by atoms with Crippen molar-refractivity contribution in [1.82, 2.24) is 19.8 Å². The number of rotatable bonds is 6. The predicted molar refractivity (Wildman–Crippen MR) is 145 cm³/mol. The molecule has 188 valence electrons. The Labute approximate surface area is 213 Å². The number of fused-ring (bicyclic) bond motifs is 1. The number of anilines is 1. The second-order valence-electron chi connectivity index (χ2n) is 9.92. The predicted octanol–water partition coefficient (Wildman–Crippen LogP) is 4.22. The molecule has 1 atom stereocenters. The van der Waals surface area contributed by atoms with E-state index in [0.29, 0.717) is 44.8 Å². The summed E-state index contributed by atoms with van der Waals surface area (Å²) in [5.41, 5.74) is 4.22. The Balaban J connectivity index is 1.50. The zero-order valence-corrected chi connectivity index (χ0v) is 21.5. The van der Waals surface area contributed by atoms with Crippen molar-refractivity contribution in [3.05, 3.63) is 60.2 Å². The smallest absolute Gasteiger partial charge is 0.319 e. The first kappa shape index (κ1) is 24.3. The lowest BCUT2D eigenvalue weighted by Gasteiger charge is -2.35. The highest BCUT2D eigenvalue weighted by Gasteiger charge is 2.26. The van der Waals surface area contributed by atoms with Crippen LogP contribution in [0.5, 0.6) is 6.01 Å². The molecule has 5 rings (SSSR count). The number of ether oxygens (including phenoxy) is 1. The monoisotopic (exact) mass is 485 g/mol. The van der Waals surface area contributed by atoms with E-state index in [-0.39, 0.29) is 5.91 Å². The van der Waals surface area contributed by atoms with Crippen LogP contribution in [0.15, 0.2) is 49.1 Å². The molecule has 0 radical (unpaired) electrons. The number of hydrogen-bond acceptors (Lipinski definition) is 6. The lowest BCUT2D eigenvalue weighted by molar-refractivity contribution is -0.126. The van der Waals surface area contributed by atoms with E-state index in [0.717, 1.165) is 35.6 Å². The van der Waals surface area contributed by atoms with E-state index in [1.54, 1.807) is 0 Å². The van der Waals surface area contributed by atoms with Crippen LogP contribution in [0, 0.1) is 13.8 Å². The molecule has 0 saturated carbocycles. The quantitative estimate of drug-likeness (QED) is 0.487. The molecule has 0 spiro atoms. The molecule has 3 heterocycles. The minimum absolute atomic E-state index is 0.0222. The highest BCUT2D eigenvalue weighted by Crippen LogP contribution is 2.33. The summed E-state index contributed by atoms with van der Waals surface area (Å²) < 4.78 is 6.23. The SMILES string of the molecule is C=CC(=O)N1CCN(c2nc(OC[C@@H]3CCCN3C)nc(-c3ccc4cccc(C)c4c3)c2C)CC1. The summed E-state index contributed by atoms with van der Waals surface area (Å²) in [5, 5.41) is 2.44. The van der Waals surface area contributed by atoms with Gasteiger partial charge in [-0.3, -0.25) is 4.79 Å². The van der Waals surface area contributed by atoms with Crippen molar-refractivity contribution in [3.63, 3.8) is 0 Å². The Morgan fingerprint density at radius 1 is 1.11 bits per heavy atom. The fraction of sp³-hybridized carbons (Fsp3) is 0.414. The molecule has 7 heteroatoms. The molecule has 36 heavy (non-hydrogen) atoms. The van der Waals surface area contributed by atoms with Crippen LogP contribution in [0.3, 0.4) is 0 Å². The van der Waals surface area contributed by atoms with Crippen molar-refractivity contribution in [1.29, 1.82) is 0 Å². The van der Waals surface area contributed by atoms with Gasteiger partial charge in [0.1, 0.15) is 12.4 Å². The van der Waals surface area contributed by atoms with Crippen LogP contribution in [-0.4, -0.2) is 78.1 Å². The Morgan fingerprint density at radius 3 is 2.64 bits per heavy atom. The summed E-state index contributed by atoms with van der Waals surface area (Å²) in [6.45, 7) is 12.2. The Morgan fingerprint density at radius 2 is 1.92 bits per heavy atom. The Kier molecular flexibility index (Phi) is 6.92. The second kappa shape index (κ2) is 10.3. The molecule has 2 fully saturated rings. The third-order valence-electron chi connectivity index (χ3n) is 7.62. The molecule has 0 N–H and O–H groups in total. The number of carbonyl (C=O) groups excluding carboxylic acids is 1. The van der Waals surface area contributed by atoms with E-state index in [9.17, 15) is 4.79 Å². The molecule has 0 aliphatic carbocycles. The van der Waals surface area contributed by atoms with Crippen molar-refractivity contribution in [2.45, 2.75) is 32.7 Å². The Bertz CT molecular complexity index is 1280. The largest absolute Gasteiger partial charge is 0.462 e. The standard InChI is InChI=1S/C29H35N5O2/c1-5-26(35)33-14-16-34(17-15-33)28-21(3)27(23-12-11-22-9-6-8-20(2)25(22)18-23)30-29(31-28)36-19-24-10-7-13-32(24)4/h5-6,8-9,11-12,18,24H,1,7,10,13-17,19H2,2-4H3/t24-/m0/s1. The molecule has 3 aromatic rings. The van der Waals surface area contributed by atoms with Crippen molar-refractivity contribution in [2.24, 2.45) is 0 Å². The number of aryl methyl sites for hydroxylation is 1. The summed E-state index contributed by atoms with van der Waals surface area (Å²) in [6, 6.07) is 13.7. The van der Waals surface area contributed by atoms with Crippen molar-refractivity contribution in [3.8, 4) is 17.3 Å². The number of hydrogen-bond donors (Lipinski definition) is 0. The van der Waals surface area contributed by atoms with Crippen LogP contribution in [0.1, 0.15) is 24.0 Å². The molecule has 2 aliphatic rings. The minimum Gasteiger partial charge on any atom is -0.462 e. The molecule has 7 nitrogen and oxygen atoms in total. The number of carbonyl (C=O) groups is 1. The van der Waals surface area contributed by atoms with Crippen LogP contribution in [0.4, 0.5) is 5.82 Å². The third kappa shape index (κ3) is 4.80. The number of benzene rings is 2. The molecule has 2 saturated heterocycles. The number of piperazine rings is 1. The maximum Gasteiger partial charge on any atom is 0.319 e. The van der Waals surface area contributed by atoms with Crippen LogP contribution in [0.2, 0.25) is 0 Å². The van der Waals surface area contributed by atoms with E-state index in [2.05, 4.69) is 73.7 Å². The van der Waals surface area contributed by atoms with E-state index in [1.165, 1.54) is 28.8 Å². The number of nitrogens with zero attached hydrogens (tertiary/aromatic N) is 5. The summed E-state index contributed by atoms with van der Waals surface area (Å²) in [6.07, 6.45) is 3.71. The first-order valence-corrected chi connectivity index (χ1v) is 12.8. The highest BCUT2D eigenvalue weighted by molar-refractivity contribution is 5.90. The van der Waals surface area contributed by atoms with Crippen molar-refractivity contribution >= 4 is 22.5 Å². The van der Waals surface area contributed by atoms with Gasteiger partial charge in [0.2, 0.25) is 5.91 Å². The molecule has 1 aromatic heterocycles. The summed E-state index contributed by atoms with van der Waals surface area (Å²) >= 11 is 0. The number of likely N-dealkylation sites (tertiary alicyclic amines) is 1. The highest BCUT2D eigenvalue weighted by atomic mass is 16.5. The topological polar surface area (TPSA) is 61.8 Å². The molecule has 0 unspecified atom stereocenters. The average Bonchev–Trinajstić information content (AvgIpc) is 3.32. The zero-order valence-electron chi connectivity index (χ0n) is 21.5. The van der Waals surface area contributed by atoms with Gasteiger partial charge in [-0.1, -0.05) is 36.9 Å². The van der Waals surface area contributed by atoms with Gasteiger partial charge < -0.3 is 19.4 Å². The lowest BCUT2D eigenvalue weighted by atomic mass is 9.99. The average molecular weight is 486 g/mol. The van der Waals surface area contributed by atoms with Gasteiger partial charge in [-0.25, -0.2) is 0 Å². The van der Waals surface area contributed by atoms with Crippen molar-refractivity contribution in [2.75, 3.05) is 51.3 Å². The summed E-state index contributed by atoms with van der Waals surface area (Å²) in [5.74, 6) is 0.858. The normalized spacial score (nSPS) is 18.6. The van der Waals surface area contributed by atoms with Gasteiger partial charge in [0.15, 0.2) is 0 Å². The van der Waals surface area contributed by atoms with Crippen LogP contribution < -0.4 is 9.64 Å². The molecule has 0 bridgehead atoms. The number of aromatic nitrogens is 2. The fourth-order valence-corrected chi connectivity index (χ4v) is 5.34. The second-order valence-corrected chi connectivity index (χ2v) is 9.92. The number of likely N-dealkylation sites (N-methyl/N-ethyl adjacent to an activating group) is 1. The molecule has 2 aliphatic heterocycles. The molecular formula is C29H35N5O2. The van der Waals surface area contributed by atoms with E-state index in [4.69, 9.17) is 14.7 Å². The van der Waals surface area contributed by atoms with Crippen LogP contribution in [0.25, 0.3) is 22.0 Å². The summed E-state index contributed by atoms with van der Waals surface area (Å²) in [7, 11) is 2.15. The maximum atomic E-state index is 12.1. The first-order valence-electron chi connectivity index (χ1n) is 12.8. The zero-order chi connectivity index (χ0) is 25.2. The molecular weight excluding hydrogens is 450 g/mol. The first-order chi connectivity index (χ1) is 17.4. The van der Waals surface area contributed by atoms with Gasteiger partial charge in [-0.05, 0) is 68.8 Å². The van der Waals surface area contributed by atoms with E-state index >= 15 is 0 Å². The number of amides is 1. The van der Waals surface area contributed by atoms with E-state index < -0.39 is 0 Å². The van der Waals surface area contributed by atoms with Gasteiger partial charge in [0.05, 0.1) is 5.69 Å². The Hall–Kier alpha value is -3.45. The van der Waals surface area contributed by atoms with E-state index in [1.807, 2.05) is 4.90 Å². The van der Waals surface area contributed by atoms with Crippen LogP contribution >= 0.6 is 0 Å². The summed E-state index contributed by atoms with van der Waals surface area (Å²) in [4.78, 5) is 28.3. The fourth-order valence-electron chi connectivity index (χ4n) is 5.34. The lowest BCUT2D eigenvalue weighted by Crippen LogP contribution is -2.48. The van der Waals surface area contributed by atoms with Gasteiger partial charge >= 0.3 is 6.01 Å². The minimum atomic E-state index is -0.0222. The van der Waals surface area contributed by atoms with Gasteiger partial charge in [0, 0.05) is 43.3 Å².